The summed E-state index contributed by atoms with van der Waals surface area (Å²) in [5, 5.41) is 19.4. The number of piperidine rings is 1. The van der Waals surface area contributed by atoms with Crippen molar-refractivity contribution in [3.63, 3.8) is 0 Å². The minimum absolute atomic E-state index is 0.108. The molecule has 7 heteroatoms. The molecule has 1 aliphatic rings. The van der Waals surface area contributed by atoms with E-state index in [-0.39, 0.29) is 6.03 Å². The number of hydrogen-bond acceptors (Lipinski definition) is 4. The minimum atomic E-state index is -0.598. The number of aryl methyl sites for hydroxylation is 1. The van der Waals surface area contributed by atoms with Gasteiger partial charge in [0.2, 0.25) is 0 Å². The fraction of sp³-hybridized carbons (Fsp3) is 0.412. The Morgan fingerprint density at radius 2 is 2.25 bits per heavy atom. The molecule has 0 bridgehead atoms. The van der Waals surface area contributed by atoms with Crippen molar-refractivity contribution in [2.24, 2.45) is 0 Å². The zero-order valence-corrected chi connectivity index (χ0v) is 13.6. The van der Waals surface area contributed by atoms with Crippen molar-refractivity contribution in [1.82, 2.24) is 25.4 Å². The van der Waals surface area contributed by atoms with Crippen LogP contribution in [0.15, 0.2) is 30.6 Å². The molecule has 0 spiro atoms. The van der Waals surface area contributed by atoms with Crippen LogP contribution in [0.2, 0.25) is 0 Å². The molecule has 2 aromatic heterocycles. The molecule has 1 aliphatic heterocycles. The maximum absolute atomic E-state index is 12.3. The van der Waals surface area contributed by atoms with Crippen LogP contribution in [0.4, 0.5) is 4.79 Å². The number of carbonyl (C=O) groups excluding carboxylic acids is 1. The zero-order chi connectivity index (χ0) is 17.0. The number of amides is 2. The van der Waals surface area contributed by atoms with E-state index in [1.807, 2.05) is 25.1 Å². The Balaban J connectivity index is 1.59. The highest BCUT2D eigenvalue weighted by Crippen LogP contribution is 2.33. The van der Waals surface area contributed by atoms with Crippen LogP contribution in [0.1, 0.15) is 29.8 Å². The fourth-order valence-corrected chi connectivity index (χ4v) is 3.00. The molecule has 2 amide bonds. The van der Waals surface area contributed by atoms with Crippen LogP contribution < -0.4 is 5.32 Å². The summed E-state index contributed by atoms with van der Waals surface area (Å²) in [5.41, 5.74) is 2.12. The van der Waals surface area contributed by atoms with Crippen molar-refractivity contribution >= 4 is 6.03 Å². The summed E-state index contributed by atoms with van der Waals surface area (Å²) in [6.45, 7) is 3.45. The van der Waals surface area contributed by atoms with Gasteiger partial charge in [0.05, 0.1) is 18.0 Å². The van der Waals surface area contributed by atoms with Crippen LogP contribution in [0, 0.1) is 18.3 Å². The van der Waals surface area contributed by atoms with Gasteiger partial charge in [-0.2, -0.15) is 10.4 Å². The van der Waals surface area contributed by atoms with Crippen LogP contribution in [-0.2, 0) is 12.0 Å². The first kappa shape index (κ1) is 16.0. The molecule has 124 valence electrons. The zero-order valence-electron chi connectivity index (χ0n) is 13.6. The molecule has 0 aromatic carbocycles. The van der Waals surface area contributed by atoms with Crippen molar-refractivity contribution in [3.8, 4) is 6.07 Å². The average Bonchev–Trinajstić information content (AvgIpc) is 3.05. The molecule has 0 saturated carbocycles. The monoisotopic (exact) mass is 324 g/mol. The number of rotatable bonds is 3. The van der Waals surface area contributed by atoms with E-state index < -0.39 is 5.41 Å². The van der Waals surface area contributed by atoms with E-state index in [0.29, 0.717) is 32.5 Å². The maximum Gasteiger partial charge on any atom is 0.317 e. The third kappa shape index (κ3) is 3.08. The predicted octanol–water partition coefficient (Wildman–Crippen LogP) is 1.88. The number of hydrogen-bond donors (Lipinski definition) is 2. The van der Waals surface area contributed by atoms with E-state index in [0.717, 1.165) is 17.0 Å². The lowest BCUT2D eigenvalue weighted by molar-refractivity contribution is 0.170. The summed E-state index contributed by atoms with van der Waals surface area (Å²) in [7, 11) is 0. The third-order valence-corrected chi connectivity index (χ3v) is 4.64. The second kappa shape index (κ2) is 6.71. The highest BCUT2D eigenvalue weighted by Gasteiger charge is 2.38. The number of H-pyrrole nitrogens is 1. The van der Waals surface area contributed by atoms with Crippen molar-refractivity contribution in [2.75, 3.05) is 13.1 Å². The molecular weight excluding hydrogens is 304 g/mol. The Bertz CT molecular complexity index is 740. The Labute approximate surface area is 140 Å². The Morgan fingerprint density at radius 1 is 1.46 bits per heavy atom. The normalized spacial score (nSPS) is 16.4. The summed E-state index contributed by atoms with van der Waals surface area (Å²) in [4.78, 5) is 18.4. The number of aromatic amines is 1. The van der Waals surface area contributed by atoms with Crippen molar-refractivity contribution in [1.29, 1.82) is 5.26 Å². The molecule has 7 nitrogen and oxygen atoms in total. The lowest BCUT2D eigenvalue weighted by atomic mass is 9.77. The van der Waals surface area contributed by atoms with Gasteiger partial charge in [0.15, 0.2) is 0 Å². The second-order valence-corrected chi connectivity index (χ2v) is 6.07. The number of nitrogens with one attached hydrogen (secondary N) is 2. The van der Waals surface area contributed by atoms with Gasteiger partial charge < -0.3 is 10.2 Å². The quantitative estimate of drug-likeness (QED) is 0.900. The van der Waals surface area contributed by atoms with E-state index in [1.165, 1.54) is 0 Å². The Hall–Kier alpha value is -2.88. The largest absolute Gasteiger partial charge is 0.334 e. The van der Waals surface area contributed by atoms with Crippen LogP contribution in [0.25, 0.3) is 0 Å². The van der Waals surface area contributed by atoms with Gasteiger partial charge in [0, 0.05) is 37.1 Å². The second-order valence-electron chi connectivity index (χ2n) is 6.07. The van der Waals surface area contributed by atoms with Gasteiger partial charge in [-0.15, -0.1) is 0 Å². The molecule has 24 heavy (non-hydrogen) atoms. The standard InChI is InChI=1S/C17H20N6O/c1-13-14(11-21-22-13)10-20-16(24)23-8-5-17(12-18,6-9-23)15-4-2-3-7-19-15/h2-4,7,11H,5-6,8-10H2,1H3,(H,20,24)(H,21,22). The summed E-state index contributed by atoms with van der Waals surface area (Å²) >= 11 is 0. The first-order chi connectivity index (χ1) is 11.6. The van der Waals surface area contributed by atoms with Crippen LogP contribution in [0.3, 0.4) is 0 Å². The van der Waals surface area contributed by atoms with E-state index in [1.54, 1.807) is 17.3 Å². The Morgan fingerprint density at radius 3 is 2.83 bits per heavy atom. The molecule has 3 heterocycles. The molecule has 0 unspecified atom stereocenters. The smallest absolute Gasteiger partial charge is 0.317 e. The summed E-state index contributed by atoms with van der Waals surface area (Å²) < 4.78 is 0. The number of likely N-dealkylation sites (tertiary alicyclic amines) is 1. The fourth-order valence-electron chi connectivity index (χ4n) is 3.00. The number of pyridine rings is 1. The van der Waals surface area contributed by atoms with Crippen molar-refractivity contribution in [3.05, 3.63) is 47.5 Å². The van der Waals surface area contributed by atoms with Gasteiger partial charge in [-0.25, -0.2) is 4.79 Å². The van der Waals surface area contributed by atoms with Crippen molar-refractivity contribution in [2.45, 2.75) is 31.7 Å². The van der Waals surface area contributed by atoms with Gasteiger partial charge in [0.1, 0.15) is 5.41 Å². The highest BCUT2D eigenvalue weighted by molar-refractivity contribution is 5.74. The number of nitriles is 1. The minimum Gasteiger partial charge on any atom is -0.334 e. The SMILES string of the molecule is Cc1[nH]ncc1CNC(=O)N1CCC(C#N)(c2ccccn2)CC1. The summed E-state index contributed by atoms with van der Waals surface area (Å²) in [6, 6.07) is 7.94. The maximum atomic E-state index is 12.3. The van der Waals surface area contributed by atoms with Gasteiger partial charge in [0.25, 0.3) is 0 Å². The van der Waals surface area contributed by atoms with E-state index in [9.17, 15) is 10.1 Å². The molecule has 0 atom stereocenters. The van der Waals surface area contributed by atoms with Gasteiger partial charge >= 0.3 is 6.03 Å². The third-order valence-electron chi connectivity index (χ3n) is 4.64. The summed E-state index contributed by atoms with van der Waals surface area (Å²) in [6.07, 6.45) is 4.62. The number of nitrogens with zero attached hydrogens (tertiary/aromatic N) is 4. The summed E-state index contributed by atoms with van der Waals surface area (Å²) in [5.74, 6) is 0. The molecule has 3 rings (SSSR count). The lowest BCUT2D eigenvalue weighted by Crippen LogP contribution is -2.48. The van der Waals surface area contributed by atoms with E-state index >= 15 is 0 Å². The predicted molar refractivity (Wildman–Crippen MR) is 87.9 cm³/mol. The van der Waals surface area contributed by atoms with Gasteiger partial charge in [-0.1, -0.05) is 6.07 Å². The molecular formula is C17H20N6O. The first-order valence-corrected chi connectivity index (χ1v) is 7.99. The van der Waals surface area contributed by atoms with Gasteiger partial charge in [-0.05, 0) is 31.9 Å². The van der Waals surface area contributed by atoms with Crippen LogP contribution >= 0.6 is 0 Å². The molecule has 0 radical (unpaired) electrons. The highest BCUT2D eigenvalue weighted by atomic mass is 16.2. The molecule has 0 aliphatic carbocycles. The van der Waals surface area contributed by atoms with E-state index in [4.69, 9.17) is 0 Å². The number of urea groups is 1. The van der Waals surface area contributed by atoms with Crippen molar-refractivity contribution < 1.29 is 4.79 Å². The molecule has 1 saturated heterocycles. The van der Waals surface area contributed by atoms with Gasteiger partial charge in [-0.3, -0.25) is 10.1 Å². The Kier molecular flexibility index (Phi) is 4.47. The average molecular weight is 324 g/mol. The van der Waals surface area contributed by atoms with Crippen LogP contribution in [0.5, 0.6) is 0 Å². The molecule has 2 aromatic rings. The lowest BCUT2D eigenvalue weighted by Gasteiger charge is -2.36. The molecule has 2 N–H and O–H groups in total. The molecule has 1 fully saturated rings. The first-order valence-electron chi connectivity index (χ1n) is 7.99. The topological polar surface area (TPSA) is 97.7 Å². The van der Waals surface area contributed by atoms with Crippen LogP contribution in [-0.4, -0.2) is 39.2 Å². The van der Waals surface area contributed by atoms with E-state index in [2.05, 4.69) is 26.6 Å². The number of carbonyl (C=O) groups is 1. The number of aromatic nitrogens is 3.